The van der Waals surface area contributed by atoms with Gasteiger partial charge in [0, 0.05) is 23.7 Å². The summed E-state index contributed by atoms with van der Waals surface area (Å²) < 4.78 is 5.51. The van der Waals surface area contributed by atoms with Crippen molar-refractivity contribution in [1.29, 1.82) is 0 Å². The van der Waals surface area contributed by atoms with Crippen LogP contribution >= 0.6 is 11.6 Å². The molecule has 0 radical (unpaired) electrons. The van der Waals surface area contributed by atoms with Crippen LogP contribution in [0.1, 0.15) is 39.2 Å². The molecule has 27 heavy (non-hydrogen) atoms. The Bertz CT molecular complexity index is 845. The summed E-state index contributed by atoms with van der Waals surface area (Å²) >= 11 is 6.00. The van der Waals surface area contributed by atoms with E-state index in [-0.39, 0.29) is 23.7 Å². The third-order valence-corrected chi connectivity index (χ3v) is 5.55. The normalized spacial score (nSPS) is 17.3. The van der Waals surface area contributed by atoms with E-state index in [0.717, 1.165) is 6.42 Å². The number of esters is 1. The molecule has 0 aliphatic carbocycles. The molecule has 1 amide bonds. The van der Waals surface area contributed by atoms with Crippen molar-refractivity contribution in [2.45, 2.75) is 39.0 Å². The summed E-state index contributed by atoms with van der Waals surface area (Å²) in [6.45, 7) is 6.82. The van der Waals surface area contributed by atoms with Gasteiger partial charge in [-0.25, -0.2) is 0 Å². The smallest absolute Gasteiger partial charge is 0.316 e. The number of hydrogen-bond acceptors (Lipinski definition) is 3. The van der Waals surface area contributed by atoms with E-state index in [2.05, 4.69) is 20.8 Å². The Kier molecular flexibility index (Phi) is 5.56. The van der Waals surface area contributed by atoms with Crippen molar-refractivity contribution < 1.29 is 14.3 Å². The van der Waals surface area contributed by atoms with Gasteiger partial charge in [-0.3, -0.25) is 9.59 Å². The maximum atomic E-state index is 12.5. The third-order valence-electron chi connectivity index (χ3n) is 5.32. The van der Waals surface area contributed by atoms with Gasteiger partial charge in [-0.15, -0.1) is 0 Å². The molecule has 4 nitrogen and oxygen atoms in total. The van der Waals surface area contributed by atoms with Crippen LogP contribution in [0, 0.1) is 5.92 Å². The van der Waals surface area contributed by atoms with Crippen molar-refractivity contribution in [2.24, 2.45) is 5.92 Å². The molecular formula is C22H24ClNO3. The second kappa shape index (κ2) is 7.73. The van der Waals surface area contributed by atoms with E-state index in [0.29, 0.717) is 23.0 Å². The van der Waals surface area contributed by atoms with Gasteiger partial charge >= 0.3 is 5.97 Å². The first kappa shape index (κ1) is 19.4. The Morgan fingerprint density at radius 2 is 1.93 bits per heavy atom. The zero-order valence-electron chi connectivity index (χ0n) is 15.9. The summed E-state index contributed by atoms with van der Waals surface area (Å²) in [5.41, 5.74) is 1.99. The van der Waals surface area contributed by atoms with Gasteiger partial charge in [0.1, 0.15) is 5.75 Å². The van der Waals surface area contributed by atoms with Crippen molar-refractivity contribution in [3.8, 4) is 5.75 Å². The fourth-order valence-electron chi connectivity index (χ4n) is 3.14. The molecule has 1 aliphatic heterocycles. The minimum atomic E-state index is -0.483. The lowest BCUT2D eigenvalue weighted by atomic mass is 9.82. The molecule has 1 fully saturated rings. The van der Waals surface area contributed by atoms with Crippen molar-refractivity contribution in [3.05, 3.63) is 59.1 Å². The van der Waals surface area contributed by atoms with Gasteiger partial charge in [-0.05, 0) is 47.7 Å². The molecule has 2 aromatic rings. The molecule has 1 atom stereocenters. The van der Waals surface area contributed by atoms with Crippen LogP contribution < -0.4 is 9.64 Å². The highest BCUT2D eigenvalue weighted by atomic mass is 35.5. The minimum absolute atomic E-state index is 0.0812. The van der Waals surface area contributed by atoms with Crippen LogP contribution in [0.2, 0.25) is 5.02 Å². The highest BCUT2D eigenvalue weighted by molar-refractivity contribution is 6.30. The lowest BCUT2D eigenvalue weighted by Gasteiger charge is -2.23. The van der Waals surface area contributed by atoms with Crippen molar-refractivity contribution in [3.63, 3.8) is 0 Å². The van der Waals surface area contributed by atoms with Gasteiger partial charge in [0.2, 0.25) is 5.91 Å². The lowest BCUT2D eigenvalue weighted by Crippen LogP contribution is -2.27. The van der Waals surface area contributed by atoms with Gasteiger partial charge in [-0.1, -0.05) is 50.6 Å². The van der Waals surface area contributed by atoms with E-state index in [9.17, 15) is 9.59 Å². The minimum Gasteiger partial charge on any atom is -0.426 e. The molecule has 142 valence electrons. The van der Waals surface area contributed by atoms with Gasteiger partial charge in [0.25, 0.3) is 0 Å². The van der Waals surface area contributed by atoms with Gasteiger partial charge in [-0.2, -0.15) is 0 Å². The number of ether oxygens (including phenoxy) is 1. The summed E-state index contributed by atoms with van der Waals surface area (Å²) in [5.74, 6) is -0.456. The summed E-state index contributed by atoms with van der Waals surface area (Å²) in [4.78, 5) is 26.4. The molecule has 0 saturated carbocycles. The van der Waals surface area contributed by atoms with E-state index in [1.54, 1.807) is 23.1 Å². The van der Waals surface area contributed by atoms with Crippen LogP contribution in [0.5, 0.6) is 5.75 Å². The Labute approximate surface area is 165 Å². The molecule has 0 bridgehead atoms. The number of carbonyl (C=O) groups is 2. The second-order valence-electron chi connectivity index (χ2n) is 7.57. The first-order chi connectivity index (χ1) is 12.8. The zero-order valence-corrected chi connectivity index (χ0v) is 16.6. The number of nitrogens with zero attached hydrogens (tertiary/aromatic N) is 1. The standard InChI is InChI=1S/C22H24ClNO3/c1-4-22(2,3)16-8-10-19(11-9-16)27-21(26)15-12-20(25)24(14-15)18-7-5-6-17(23)13-18/h5-11,13,15H,4,12,14H2,1-3H3/t15-/m0/s1. The lowest BCUT2D eigenvalue weighted by molar-refractivity contribution is -0.139. The molecule has 5 heteroatoms. The molecule has 0 aromatic heterocycles. The Morgan fingerprint density at radius 3 is 2.56 bits per heavy atom. The summed E-state index contributed by atoms with van der Waals surface area (Å²) in [5, 5.41) is 0.557. The average molecular weight is 386 g/mol. The number of halogens is 1. The molecule has 1 heterocycles. The number of amides is 1. The van der Waals surface area contributed by atoms with E-state index in [4.69, 9.17) is 16.3 Å². The summed E-state index contributed by atoms with van der Waals surface area (Å²) in [6, 6.07) is 14.7. The number of carbonyl (C=O) groups excluding carboxylic acids is 2. The van der Waals surface area contributed by atoms with Crippen LogP contribution in [-0.2, 0) is 15.0 Å². The largest absolute Gasteiger partial charge is 0.426 e. The monoisotopic (exact) mass is 385 g/mol. The van der Waals surface area contributed by atoms with Crippen LogP contribution in [0.4, 0.5) is 5.69 Å². The van der Waals surface area contributed by atoms with Gasteiger partial charge in [0.05, 0.1) is 5.92 Å². The number of rotatable bonds is 5. The van der Waals surface area contributed by atoms with Gasteiger partial charge in [0.15, 0.2) is 0 Å². The van der Waals surface area contributed by atoms with Crippen LogP contribution in [0.3, 0.4) is 0 Å². The van der Waals surface area contributed by atoms with Crippen LogP contribution in [-0.4, -0.2) is 18.4 Å². The van der Waals surface area contributed by atoms with E-state index in [1.807, 2.05) is 30.3 Å². The zero-order chi connectivity index (χ0) is 19.6. The Morgan fingerprint density at radius 1 is 1.22 bits per heavy atom. The average Bonchev–Trinajstić information content (AvgIpc) is 3.04. The molecule has 3 rings (SSSR count). The highest BCUT2D eigenvalue weighted by Crippen LogP contribution is 2.30. The molecule has 0 N–H and O–H groups in total. The number of benzene rings is 2. The van der Waals surface area contributed by atoms with Crippen molar-refractivity contribution in [1.82, 2.24) is 0 Å². The maximum absolute atomic E-state index is 12.5. The summed E-state index contributed by atoms with van der Waals surface area (Å²) in [7, 11) is 0. The molecular weight excluding hydrogens is 362 g/mol. The molecule has 0 spiro atoms. The van der Waals surface area contributed by atoms with Crippen LogP contribution in [0.15, 0.2) is 48.5 Å². The predicted octanol–water partition coefficient (Wildman–Crippen LogP) is 4.99. The van der Waals surface area contributed by atoms with Crippen LogP contribution in [0.25, 0.3) is 0 Å². The Balaban J connectivity index is 1.66. The number of anilines is 1. The molecule has 1 saturated heterocycles. The quantitative estimate of drug-likeness (QED) is 0.538. The molecule has 0 unspecified atom stereocenters. The number of hydrogen-bond donors (Lipinski definition) is 0. The van der Waals surface area contributed by atoms with Crippen molar-refractivity contribution >= 4 is 29.2 Å². The van der Waals surface area contributed by atoms with E-state index in [1.165, 1.54) is 5.56 Å². The van der Waals surface area contributed by atoms with E-state index < -0.39 is 5.92 Å². The highest BCUT2D eigenvalue weighted by Gasteiger charge is 2.36. The van der Waals surface area contributed by atoms with Crippen molar-refractivity contribution in [2.75, 3.05) is 11.4 Å². The molecule has 2 aromatic carbocycles. The SMILES string of the molecule is CCC(C)(C)c1ccc(OC(=O)[C@H]2CC(=O)N(c3cccc(Cl)c3)C2)cc1. The third kappa shape index (κ3) is 4.33. The first-order valence-corrected chi connectivity index (χ1v) is 9.56. The second-order valence-corrected chi connectivity index (χ2v) is 8.00. The predicted molar refractivity (Wildman–Crippen MR) is 107 cm³/mol. The maximum Gasteiger partial charge on any atom is 0.316 e. The van der Waals surface area contributed by atoms with E-state index >= 15 is 0 Å². The fourth-order valence-corrected chi connectivity index (χ4v) is 3.32. The first-order valence-electron chi connectivity index (χ1n) is 9.18. The Hall–Kier alpha value is -2.33. The molecule has 1 aliphatic rings. The fraction of sp³-hybridized carbons (Fsp3) is 0.364. The summed E-state index contributed by atoms with van der Waals surface area (Å²) in [6.07, 6.45) is 1.17. The topological polar surface area (TPSA) is 46.6 Å². The van der Waals surface area contributed by atoms with Gasteiger partial charge < -0.3 is 9.64 Å².